The molecule has 3 rings (SSSR count). The number of rotatable bonds is 3. The van der Waals surface area contributed by atoms with E-state index in [9.17, 15) is 8.42 Å². The fourth-order valence-electron chi connectivity index (χ4n) is 3.33. The number of fused-ring (bicyclic) bond motifs is 1. The van der Waals surface area contributed by atoms with E-state index in [0.29, 0.717) is 12.6 Å². The molecule has 0 N–H and O–H groups in total. The van der Waals surface area contributed by atoms with Gasteiger partial charge in [-0.05, 0) is 25.8 Å². The minimum Gasteiger partial charge on any atom is -0.339 e. The van der Waals surface area contributed by atoms with Crippen LogP contribution in [0.2, 0.25) is 0 Å². The first-order valence-electron chi connectivity index (χ1n) is 7.26. The molecule has 7 heteroatoms. The lowest BCUT2D eigenvalue weighted by molar-refractivity contribution is 0.106. The van der Waals surface area contributed by atoms with Crippen molar-refractivity contribution in [2.45, 2.75) is 43.3 Å². The molecule has 112 valence electrons. The van der Waals surface area contributed by atoms with Crippen LogP contribution >= 0.6 is 0 Å². The summed E-state index contributed by atoms with van der Waals surface area (Å²) in [6, 6.07) is 0.452. The van der Waals surface area contributed by atoms with Crippen molar-refractivity contribution >= 4 is 10.0 Å². The summed E-state index contributed by atoms with van der Waals surface area (Å²) in [6.45, 7) is 4.63. The number of piperazine rings is 1. The van der Waals surface area contributed by atoms with Gasteiger partial charge in [0.25, 0.3) is 10.0 Å². The molecule has 3 heterocycles. The van der Waals surface area contributed by atoms with Crippen molar-refractivity contribution in [3.63, 3.8) is 0 Å². The van der Waals surface area contributed by atoms with Gasteiger partial charge in [0, 0.05) is 38.4 Å². The zero-order valence-electron chi connectivity index (χ0n) is 12.1. The number of aryl methyl sites for hydroxylation is 1. The van der Waals surface area contributed by atoms with Crippen molar-refractivity contribution in [2.24, 2.45) is 7.05 Å². The van der Waals surface area contributed by atoms with E-state index >= 15 is 0 Å². The zero-order valence-corrected chi connectivity index (χ0v) is 12.9. The molecule has 0 aromatic carbocycles. The molecule has 1 aromatic heterocycles. The van der Waals surface area contributed by atoms with E-state index in [4.69, 9.17) is 0 Å². The van der Waals surface area contributed by atoms with Crippen LogP contribution in [-0.2, 0) is 17.1 Å². The molecule has 0 aliphatic carbocycles. The Kier molecular flexibility index (Phi) is 3.60. The van der Waals surface area contributed by atoms with Crippen molar-refractivity contribution in [1.29, 1.82) is 0 Å². The van der Waals surface area contributed by atoms with E-state index in [2.05, 4.69) is 16.8 Å². The summed E-state index contributed by atoms with van der Waals surface area (Å²) in [6.07, 6.45) is 6.25. The van der Waals surface area contributed by atoms with Crippen LogP contribution in [0.1, 0.15) is 26.2 Å². The van der Waals surface area contributed by atoms with E-state index < -0.39 is 10.0 Å². The molecular weight excluding hydrogens is 276 g/mol. The lowest BCUT2D eigenvalue weighted by Gasteiger charge is -2.42. The third-order valence-electron chi connectivity index (χ3n) is 4.47. The lowest BCUT2D eigenvalue weighted by Crippen LogP contribution is -2.57. The highest BCUT2D eigenvalue weighted by molar-refractivity contribution is 7.89. The molecule has 0 unspecified atom stereocenters. The first-order chi connectivity index (χ1) is 9.52. The third-order valence-corrected chi connectivity index (χ3v) is 6.27. The Bertz CT molecular complexity index is 583. The van der Waals surface area contributed by atoms with Gasteiger partial charge in [-0.3, -0.25) is 4.90 Å². The first-order valence-corrected chi connectivity index (χ1v) is 8.70. The molecule has 2 aliphatic rings. The van der Waals surface area contributed by atoms with Crippen LogP contribution in [0.4, 0.5) is 0 Å². The number of nitrogens with zero attached hydrogens (tertiary/aromatic N) is 4. The van der Waals surface area contributed by atoms with Crippen molar-refractivity contribution in [2.75, 3.05) is 19.6 Å². The molecule has 2 aliphatic heterocycles. The molecule has 1 aromatic rings. The van der Waals surface area contributed by atoms with Crippen LogP contribution < -0.4 is 0 Å². The lowest BCUT2D eigenvalue weighted by atomic mass is 10.1. The van der Waals surface area contributed by atoms with E-state index in [1.807, 2.05) is 0 Å². The van der Waals surface area contributed by atoms with Gasteiger partial charge < -0.3 is 4.57 Å². The van der Waals surface area contributed by atoms with Crippen LogP contribution in [0.15, 0.2) is 17.6 Å². The number of imidazole rings is 1. The summed E-state index contributed by atoms with van der Waals surface area (Å²) in [5.74, 6) is 0. The SMILES string of the molecule is CC[C@@H]1CN2CCC[C@@H]2CN1S(=O)(=O)c1cn(C)cn1. The van der Waals surface area contributed by atoms with Crippen molar-refractivity contribution < 1.29 is 8.42 Å². The summed E-state index contributed by atoms with van der Waals surface area (Å²) in [7, 11) is -1.68. The molecule has 20 heavy (non-hydrogen) atoms. The normalized spacial score (nSPS) is 28.7. The van der Waals surface area contributed by atoms with Crippen LogP contribution in [0.3, 0.4) is 0 Å². The fourth-order valence-corrected chi connectivity index (χ4v) is 5.03. The highest BCUT2D eigenvalue weighted by atomic mass is 32.2. The highest BCUT2D eigenvalue weighted by Crippen LogP contribution is 2.29. The molecule has 2 fully saturated rings. The molecule has 0 saturated carbocycles. The second-order valence-corrected chi connectivity index (χ2v) is 7.64. The topological polar surface area (TPSA) is 58.4 Å². The fraction of sp³-hybridized carbons (Fsp3) is 0.769. The number of hydrogen-bond acceptors (Lipinski definition) is 4. The average Bonchev–Trinajstić information content (AvgIpc) is 3.05. The predicted molar refractivity (Wildman–Crippen MR) is 75.8 cm³/mol. The Hall–Kier alpha value is -0.920. The highest BCUT2D eigenvalue weighted by Gasteiger charge is 2.41. The van der Waals surface area contributed by atoms with Crippen LogP contribution in [0, 0.1) is 0 Å². The number of aromatic nitrogens is 2. The van der Waals surface area contributed by atoms with Gasteiger partial charge in [-0.25, -0.2) is 13.4 Å². The molecule has 0 amide bonds. The van der Waals surface area contributed by atoms with Crippen molar-refractivity contribution in [3.8, 4) is 0 Å². The smallest absolute Gasteiger partial charge is 0.262 e. The van der Waals surface area contributed by atoms with Gasteiger partial charge in [0.2, 0.25) is 0 Å². The maximum atomic E-state index is 12.8. The zero-order chi connectivity index (χ0) is 14.3. The Morgan fingerprint density at radius 3 is 2.85 bits per heavy atom. The standard InChI is InChI=1S/C13H22N4O2S/c1-3-11-7-16-6-4-5-12(16)8-17(11)20(18,19)13-9-15(2)10-14-13/h9-12H,3-8H2,1-2H3/t11-,12-/m1/s1. The maximum Gasteiger partial charge on any atom is 0.262 e. The van der Waals surface area contributed by atoms with E-state index in [1.54, 1.807) is 28.4 Å². The van der Waals surface area contributed by atoms with Gasteiger partial charge in [0.05, 0.1) is 6.33 Å². The largest absolute Gasteiger partial charge is 0.339 e. The Morgan fingerprint density at radius 1 is 1.40 bits per heavy atom. The van der Waals surface area contributed by atoms with Crippen LogP contribution in [-0.4, -0.2) is 58.9 Å². The average molecular weight is 298 g/mol. The van der Waals surface area contributed by atoms with Gasteiger partial charge in [-0.2, -0.15) is 4.31 Å². The minimum absolute atomic E-state index is 0.0661. The molecule has 2 saturated heterocycles. The van der Waals surface area contributed by atoms with Gasteiger partial charge in [0.15, 0.2) is 5.03 Å². The third kappa shape index (κ3) is 2.27. The molecule has 2 atom stereocenters. The molecule has 0 radical (unpaired) electrons. The summed E-state index contributed by atoms with van der Waals surface area (Å²) in [4.78, 5) is 6.48. The molecule has 0 bridgehead atoms. The quantitative estimate of drug-likeness (QED) is 0.823. The second-order valence-electron chi connectivity index (χ2n) is 5.81. The summed E-state index contributed by atoms with van der Waals surface area (Å²) < 4.78 is 28.9. The Balaban J connectivity index is 1.90. The second kappa shape index (κ2) is 5.13. The summed E-state index contributed by atoms with van der Waals surface area (Å²) in [5.41, 5.74) is 0. The molecular formula is C13H22N4O2S. The Morgan fingerprint density at radius 2 is 2.20 bits per heavy atom. The number of sulfonamides is 1. The Labute approximate surface area is 120 Å². The summed E-state index contributed by atoms with van der Waals surface area (Å²) in [5, 5.41) is 0.171. The molecule has 6 nitrogen and oxygen atoms in total. The van der Waals surface area contributed by atoms with Gasteiger partial charge in [-0.15, -0.1) is 0 Å². The monoisotopic (exact) mass is 298 g/mol. The maximum absolute atomic E-state index is 12.8. The van der Waals surface area contributed by atoms with Crippen molar-refractivity contribution in [1.82, 2.24) is 18.8 Å². The minimum atomic E-state index is -3.47. The van der Waals surface area contributed by atoms with Crippen LogP contribution in [0.5, 0.6) is 0 Å². The summed E-state index contributed by atoms with van der Waals surface area (Å²) >= 11 is 0. The van der Waals surface area contributed by atoms with E-state index in [1.165, 1.54) is 6.42 Å². The van der Waals surface area contributed by atoms with Gasteiger partial charge in [0.1, 0.15) is 0 Å². The number of hydrogen-bond donors (Lipinski definition) is 0. The first kappa shape index (κ1) is 14.0. The van der Waals surface area contributed by atoms with Gasteiger partial charge in [-0.1, -0.05) is 6.92 Å². The van der Waals surface area contributed by atoms with E-state index in [0.717, 1.165) is 25.9 Å². The van der Waals surface area contributed by atoms with E-state index in [-0.39, 0.29) is 11.1 Å². The molecule has 0 spiro atoms. The van der Waals surface area contributed by atoms with Crippen LogP contribution in [0.25, 0.3) is 0 Å². The van der Waals surface area contributed by atoms with Gasteiger partial charge >= 0.3 is 0 Å². The predicted octanol–water partition coefficient (Wildman–Crippen LogP) is 0.667. The van der Waals surface area contributed by atoms with Crippen molar-refractivity contribution in [3.05, 3.63) is 12.5 Å².